The second kappa shape index (κ2) is 15.6. The minimum atomic E-state index is 0.610. The van der Waals surface area contributed by atoms with E-state index in [-0.39, 0.29) is 0 Å². The lowest BCUT2D eigenvalue weighted by atomic mass is 10.3. The van der Waals surface area contributed by atoms with E-state index in [4.69, 9.17) is 28.4 Å². The van der Waals surface area contributed by atoms with Crippen molar-refractivity contribution in [3.05, 3.63) is 30.3 Å². The molecule has 0 radical (unpaired) electrons. The summed E-state index contributed by atoms with van der Waals surface area (Å²) in [6.45, 7) is 11.3. The first-order valence-corrected chi connectivity index (χ1v) is 18.4. The number of nitrogens with zero attached hydrogens (tertiary/aromatic N) is 4. The van der Waals surface area contributed by atoms with Gasteiger partial charge in [-0.15, -0.1) is 34.0 Å². The molecule has 0 aliphatic carbocycles. The molecule has 13 heteroatoms. The fraction of sp³-hybridized carbons (Fsp3) is 0.625. The Balaban J connectivity index is 0.941. The summed E-state index contributed by atoms with van der Waals surface area (Å²) < 4.78 is 35.4. The zero-order valence-corrected chi connectivity index (χ0v) is 29.4. The molecule has 3 aromatic rings. The van der Waals surface area contributed by atoms with Crippen LogP contribution in [0, 0.1) is 0 Å². The Hall–Kier alpha value is -2.26. The van der Waals surface area contributed by atoms with Gasteiger partial charge in [0.1, 0.15) is 39.6 Å². The minimum absolute atomic E-state index is 0.610. The van der Waals surface area contributed by atoms with E-state index in [0.29, 0.717) is 39.6 Å². The van der Waals surface area contributed by atoms with Gasteiger partial charge in [0.15, 0.2) is 34.5 Å². The van der Waals surface area contributed by atoms with Crippen LogP contribution in [0.2, 0.25) is 0 Å². The maximum Gasteiger partial charge on any atom is 0.176 e. The Labute approximate surface area is 278 Å². The van der Waals surface area contributed by atoms with Gasteiger partial charge in [-0.1, -0.05) is 0 Å². The molecule has 0 spiro atoms. The third kappa shape index (κ3) is 8.37. The van der Waals surface area contributed by atoms with E-state index >= 15 is 0 Å². The Bertz CT molecular complexity index is 1290. The molecule has 0 saturated carbocycles. The fourth-order valence-corrected chi connectivity index (χ4v) is 9.18. The van der Waals surface area contributed by atoms with E-state index in [2.05, 4.69) is 58.6 Å². The Morgan fingerprint density at radius 1 is 0.467 bits per heavy atom. The summed E-state index contributed by atoms with van der Waals surface area (Å²) in [6, 6.07) is 0. The van der Waals surface area contributed by atoms with Crippen molar-refractivity contribution in [2.75, 3.05) is 94.0 Å². The largest absolute Gasteiger partial charge is 0.485 e. The van der Waals surface area contributed by atoms with E-state index in [9.17, 15) is 0 Å². The molecule has 0 bridgehead atoms. The van der Waals surface area contributed by atoms with Gasteiger partial charge in [-0.05, 0) is 67.2 Å². The molecule has 6 rings (SSSR count). The predicted molar refractivity (Wildman–Crippen MR) is 180 cm³/mol. The van der Waals surface area contributed by atoms with Crippen LogP contribution in [0.4, 0.5) is 0 Å². The Morgan fingerprint density at radius 2 is 0.800 bits per heavy atom. The number of fused-ring (bicyclic) bond motifs is 3. The molecule has 3 aliphatic heterocycles. The molecule has 10 nitrogen and oxygen atoms in total. The molecule has 0 fully saturated rings. The molecule has 3 aliphatic rings. The summed E-state index contributed by atoms with van der Waals surface area (Å²) in [6.07, 6.45) is 2.17. The average molecular weight is 679 g/mol. The topological polar surface area (TPSA) is 68.3 Å². The van der Waals surface area contributed by atoms with Crippen molar-refractivity contribution in [2.45, 2.75) is 39.0 Å². The average Bonchev–Trinajstić information content (AvgIpc) is 3.73. The van der Waals surface area contributed by atoms with Crippen LogP contribution in [0.1, 0.15) is 32.4 Å². The van der Waals surface area contributed by atoms with Crippen molar-refractivity contribution < 1.29 is 28.4 Å². The maximum absolute atomic E-state index is 6.15. The monoisotopic (exact) mass is 678 g/mol. The maximum atomic E-state index is 6.15. The highest BCUT2D eigenvalue weighted by molar-refractivity contribution is 7.12. The molecule has 248 valence electrons. The fourth-order valence-electron chi connectivity index (χ4n) is 5.85. The van der Waals surface area contributed by atoms with Gasteiger partial charge in [-0.25, -0.2) is 0 Å². The second-order valence-electron chi connectivity index (χ2n) is 12.1. The molecular weight excluding hydrogens is 633 g/mol. The first-order valence-electron chi connectivity index (χ1n) is 15.8. The van der Waals surface area contributed by atoms with Crippen molar-refractivity contribution in [2.24, 2.45) is 0 Å². The van der Waals surface area contributed by atoms with Crippen LogP contribution in [-0.2, 0) is 26.2 Å². The highest BCUT2D eigenvalue weighted by atomic mass is 32.1. The van der Waals surface area contributed by atoms with Crippen LogP contribution in [0.15, 0.2) is 10.8 Å². The van der Waals surface area contributed by atoms with Crippen molar-refractivity contribution in [1.29, 1.82) is 0 Å². The summed E-state index contributed by atoms with van der Waals surface area (Å²) in [4.78, 5) is 14.5. The van der Waals surface area contributed by atoms with Gasteiger partial charge in [0.2, 0.25) is 0 Å². The van der Waals surface area contributed by atoms with E-state index < -0.39 is 0 Å². The van der Waals surface area contributed by atoms with Crippen molar-refractivity contribution in [3.8, 4) is 34.5 Å². The van der Waals surface area contributed by atoms with Crippen LogP contribution >= 0.6 is 34.0 Å². The minimum Gasteiger partial charge on any atom is -0.485 e. The molecule has 45 heavy (non-hydrogen) atoms. The lowest BCUT2D eigenvalue weighted by Crippen LogP contribution is -2.25. The summed E-state index contributed by atoms with van der Waals surface area (Å²) in [5.41, 5.74) is 0. The molecule has 0 N–H and O–H groups in total. The highest BCUT2D eigenvalue weighted by Crippen LogP contribution is 2.45. The van der Waals surface area contributed by atoms with Gasteiger partial charge in [0, 0.05) is 36.9 Å². The zero-order valence-electron chi connectivity index (χ0n) is 26.9. The van der Waals surface area contributed by atoms with Gasteiger partial charge < -0.3 is 48.0 Å². The van der Waals surface area contributed by atoms with E-state index in [1.165, 1.54) is 19.5 Å². The molecule has 6 heterocycles. The van der Waals surface area contributed by atoms with Crippen LogP contribution < -0.4 is 28.4 Å². The van der Waals surface area contributed by atoms with Gasteiger partial charge in [0.25, 0.3) is 0 Å². The first kappa shape index (κ1) is 32.7. The molecule has 3 aromatic heterocycles. The SMILES string of the molecule is CN(CCCN(C)Cc1sc(CN(C)CCCN(C)Cc2scc3c2OCCO3)c2c1OCCO2)Cc1scc2c1OCCO2. The number of rotatable bonds is 16. The quantitative estimate of drug-likeness (QED) is 0.205. The standard InChI is InChI=1S/C32H46N4O6S3/c1-33(17-25-29-23(21-43-25)37-11-13-39-29)7-5-9-35(3)19-27-31-32(42-16-15-41-31)28(45-27)20-36(4)10-6-8-34(2)18-26-30-24(22-44-26)38-12-14-40-30/h21-22H,5-20H2,1-4H3. The van der Waals surface area contributed by atoms with Gasteiger partial charge in [0.05, 0.1) is 19.5 Å². The predicted octanol–water partition coefficient (Wildman–Crippen LogP) is 5.09. The van der Waals surface area contributed by atoms with Crippen molar-refractivity contribution in [3.63, 3.8) is 0 Å². The smallest absolute Gasteiger partial charge is 0.176 e. The molecule has 0 atom stereocenters. The van der Waals surface area contributed by atoms with E-state index in [0.717, 1.165) is 99.7 Å². The van der Waals surface area contributed by atoms with E-state index in [1.54, 1.807) is 22.7 Å². The van der Waals surface area contributed by atoms with Gasteiger partial charge in [-0.2, -0.15) is 0 Å². The first-order chi connectivity index (χ1) is 21.9. The lowest BCUT2D eigenvalue weighted by molar-refractivity contribution is 0.166. The summed E-state index contributed by atoms with van der Waals surface area (Å²) >= 11 is 5.29. The van der Waals surface area contributed by atoms with Crippen molar-refractivity contribution in [1.82, 2.24) is 19.6 Å². The van der Waals surface area contributed by atoms with Crippen LogP contribution in [-0.4, -0.2) is 114 Å². The zero-order chi connectivity index (χ0) is 31.2. The third-order valence-electron chi connectivity index (χ3n) is 8.09. The summed E-state index contributed by atoms with van der Waals surface area (Å²) in [5, 5.41) is 4.13. The number of thiophene rings is 3. The Morgan fingerprint density at radius 3 is 1.20 bits per heavy atom. The number of hydrogen-bond donors (Lipinski definition) is 0. The van der Waals surface area contributed by atoms with Crippen LogP contribution in [0.3, 0.4) is 0 Å². The third-order valence-corrected chi connectivity index (χ3v) is 11.1. The Kier molecular flexibility index (Phi) is 11.3. The molecule has 0 saturated heterocycles. The number of ether oxygens (including phenoxy) is 6. The number of hydrogen-bond acceptors (Lipinski definition) is 13. The molecular formula is C32H46N4O6S3. The molecule has 0 aromatic carbocycles. The van der Waals surface area contributed by atoms with Crippen LogP contribution in [0.25, 0.3) is 0 Å². The normalized spacial score (nSPS) is 15.6. The summed E-state index contributed by atoms with van der Waals surface area (Å²) in [5.74, 6) is 5.57. The highest BCUT2D eigenvalue weighted by Gasteiger charge is 2.26. The van der Waals surface area contributed by atoms with E-state index in [1.807, 2.05) is 11.3 Å². The molecule has 0 unspecified atom stereocenters. The van der Waals surface area contributed by atoms with Gasteiger partial charge in [-0.3, -0.25) is 0 Å². The lowest BCUT2D eigenvalue weighted by Gasteiger charge is -2.22. The van der Waals surface area contributed by atoms with Crippen molar-refractivity contribution >= 4 is 34.0 Å². The van der Waals surface area contributed by atoms with Gasteiger partial charge >= 0.3 is 0 Å². The second-order valence-corrected chi connectivity index (χ2v) is 15.2. The summed E-state index contributed by atoms with van der Waals surface area (Å²) in [7, 11) is 8.75. The molecule has 0 amide bonds. The van der Waals surface area contributed by atoms with Crippen LogP contribution in [0.5, 0.6) is 34.5 Å².